The third-order valence-corrected chi connectivity index (χ3v) is 3.97. The summed E-state index contributed by atoms with van der Waals surface area (Å²) in [6, 6.07) is 0. The number of ether oxygens (including phenoxy) is 1. The number of esters is 1. The van der Waals surface area contributed by atoms with Gasteiger partial charge in [0.1, 0.15) is 0 Å². The summed E-state index contributed by atoms with van der Waals surface area (Å²) in [6.07, 6.45) is 3.15. The highest BCUT2D eigenvalue weighted by Crippen LogP contribution is 2.40. The molecule has 1 rings (SSSR count). The van der Waals surface area contributed by atoms with Crippen LogP contribution in [0.15, 0.2) is 0 Å². The minimum Gasteiger partial charge on any atom is -0.464 e. The zero-order chi connectivity index (χ0) is 13.1. The second-order valence-electron chi connectivity index (χ2n) is 6.17. The van der Waals surface area contributed by atoms with Crippen LogP contribution in [0.25, 0.3) is 0 Å². The van der Waals surface area contributed by atoms with E-state index < -0.39 is 12.1 Å². The standard InChI is InChI=1S/C14H26O3/c1-5-17-13(16)12(15)10-6-8-11(9-7-10)14(2,3)4/h10-12,15H,5-9H2,1-4H3. The van der Waals surface area contributed by atoms with Gasteiger partial charge in [0.2, 0.25) is 0 Å². The van der Waals surface area contributed by atoms with Crippen molar-refractivity contribution in [1.82, 2.24) is 0 Å². The molecule has 1 unspecified atom stereocenters. The van der Waals surface area contributed by atoms with Gasteiger partial charge >= 0.3 is 5.97 Å². The Hall–Kier alpha value is -0.570. The Morgan fingerprint density at radius 3 is 2.24 bits per heavy atom. The first-order chi connectivity index (χ1) is 7.86. The number of rotatable bonds is 3. The summed E-state index contributed by atoms with van der Waals surface area (Å²) < 4.78 is 4.86. The van der Waals surface area contributed by atoms with E-state index in [0.717, 1.165) is 25.7 Å². The molecule has 100 valence electrons. The lowest BCUT2D eigenvalue weighted by Gasteiger charge is -2.37. The highest BCUT2D eigenvalue weighted by Gasteiger charge is 2.35. The van der Waals surface area contributed by atoms with E-state index in [0.29, 0.717) is 17.9 Å². The third-order valence-electron chi connectivity index (χ3n) is 3.97. The quantitative estimate of drug-likeness (QED) is 0.774. The van der Waals surface area contributed by atoms with E-state index in [1.165, 1.54) is 0 Å². The molecule has 0 amide bonds. The molecule has 17 heavy (non-hydrogen) atoms. The minimum atomic E-state index is -0.920. The molecule has 0 aromatic carbocycles. The van der Waals surface area contributed by atoms with E-state index >= 15 is 0 Å². The Kier molecular flexibility index (Phi) is 4.99. The molecule has 1 aliphatic carbocycles. The van der Waals surface area contributed by atoms with Crippen molar-refractivity contribution in [1.29, 1.82) is 0 Å². The average molecular weight is 242 g/mol. The smallest absolute Gasteiger partial charge is 0.335 e. The number of hydrogen-bond acceptors (Lipinski definition) is 3. The largest absolute Gasteiger partial charge is 0.464 e. The van der Waals surface area contributed by atoms with Gasteiger partial charge in [-0.2, -0.15) is 0 Å². The van der Waals surface area contributed by atoms with Crippen LogP contribution in [0, 0.1) is 17.3 Å². The second-order valence-corrected chi connectivity index (χ2v) is 6.17. The zero-order valence-electron chi connectivity index (χ0n) is 11.5. The Morgan fingerprint density at radius 2 is 1.82 bits per heavy atom. The van der Waals surface area contributed by atoms with Gasteiger partial charge < -0.3 is 9.84 Å². The van der Waals surface area contributed by atoms with Crippen molar-refractivity contribution >= 4 is 5.97 Å². The van der Waals surface area contributed by atoms with Crippen LogP contribution in [-0.2, 0) is 9.53 Å². The van der Waals surface area contributed by atoms with Crippen LogP contribution < -0.4 is 0 Å². The fourth-order valence-electron chi connectivity index (χ4n) is 2.72. The summed E-state index contributed by atoms with van der Waals surface area (Å²) in [4.78, 5) is 11.4. The topological polar surface area (TPSA) is 46.5 Å². The predicted molar refractivity (Wildman–Crippen MR) is 67.5 cm³/mol. The summed E-state index contributed by atoms with van der Waals surface area (Å²) in [5.74, 6) is 0.340. The van der Waals surface area contributed by atoms with Crippen LogP contribution in [0.5, 0.6) is 0 Å². The summed E-state index contributed by atoms with van der Waals surface area (Å²) in [6.45, 7) is 8.90. The first-order valence-electron chi connectivity index (χ1n) is 6.71. The van der Waals surface area contributed by atoms with Gasteiger partial charge in [-0.05, 0) is 49.9 Å². The fraction of sp³-hybridized carbons (Fsp3) is 0.929. The Balaban J connectivity index is 2.44. The number of aliphatic hydroxyl groups is 1. The van der Waals surface area contributed by atoms with Gasteiger partial charge in [0.05, 0.1) is 6.61 Å². The number of aliphatic hydroxyl groups excluding tert-OH is 1. The lowest BCUT2D eigenvalue weighted by molar-refractivity contribution is -0.157. The first kappa shape index (κ1) is 14.5. The lowest BCUT2D eigenvalue weighted by Crippen LogP contribution is -2.36. The third kappa shape index (κ3) is 3.98. The Labute approximate surface area is 105 Å². The predicted octanol–water partition coefficient (Wildman–Crippen LogP) is 2.76. The molecule has 1 atom stereocenters. The monoisotopic (exact) mass is 242 g/mol. The van der Waals surface area contributed by atoms with E-state index in [4.69, 9.17) is 4.74 Å². The van der Waals surface area contributed by atoms with E-state index in [-0.39, 0.29) is 5.92 Å². The molecule has 3 nitrogen and oxygen atoms in total. The van der Waals surface area contributed by atoms with Gasteiger partial charge in [0, 0.05) is 0 Å². The summed E-state index contributed by atoms with van der Waals surface area (Å²) in [5.41, 5.74) is 0.333. The van der Waals surface area contributed by atoms with Crippen molar-refractivity contribution in [3.8, 4) is 0 Å². The molecule has 0 aromatic rings. The van der Waals surface area contributed by atoms with Crippen LogP contribution in [-0.4, -0.2) is 23.8 Å². The molecule has 1 fully saturated rings. The van der Waals surface area contributed by atoms with E-state index in [9.17, 15) is 9.90 Å². The highest BCUT2D eigenvalue weighted by molar-refractivity contribution is 5.74. The lowest BCUT2D eigenvalue weighted by atomic mass is 9.69. The van der Waals surface area contributed by atoms with Crippen LogP contribution in [0.4, 0.5) is 0 Å². The Morgan fingerprint density at radius 1 is 1.29 bits per heavy atom. The molecule has 1 N–H and O–H groups in total. The maximum absolute atomic E-state index is 11.4. The maximum atomic E-state index is 11.4. The van der Waals surface area contributed by atoms with Crippen LogP contribution in [0.3, 0.4) is 0 Å². The first-order valence-corrected chi connectivity index (χ1v) is 6.71. The van der Waals surface area contributed by atoms with Crippen molar-refractivity contribution < 1.29 is 14.6 Å². The number of carbonyl (C=O) groups excluding carboxylic acids is 1. The van der Waals surface area contributed by atoms with Crippen molar-refractivity contribution in [2.24, 2.45) is 17.3 Å². The summed E-state index contributed by atoms with van der Waals surface area (Å²) in [7, 11) is 0. The van der Waals surface area contributed by atoms with Gasteiger partial charge in [-0.15, -0.1) is 0 Å². The van der Waals surface area contributed by atoms with Crippen molar-refractivity contribution in [3.63, 3.8) is 0 Å². The molecular weight excluding hydrogens is 216 g/mol. The summed E-state index contributed by atoms with van der Waals surface area (Å²) in [5, 5.41) is 9.89. The van der Waals surface area contributed by atoms with E-state index in [1.807, 2.05) is 0 Å². The molecule has 3 heteroatoms. The van der Waals surface area contributed by atoms with Crippen molar-refractivity contribution in [3.05, 3.63) is 0 Å². The molecule has 0 heterocycles. The zero-order valence-corrected chi connectivity index (χ0v) is 11.5. The van der Waals surface area contributed by atoms with Gasteiger partial charge in [-0.25, -0.2) is 4.79 Å². The summed E-state index contributed by atoms with van der Waals surface area (Å²) >= 11 is 0. The molecular formula is C14H26O3. The molecule has 0 saturated heterocycles. The molecule has 0 spiro atoms. The molecule has 0 aromatic heterocycles. The SMILES string of the molecule is CCOC(=O)C(O)C1CCC(C(C)(C)C)CC1. The molecule has 0 bridgehead atoms. The van der Waals surface area contributed by atoms with E-state index in [2.05, 4.69) is 20.8 Å². The van der Waals surface area contributed by atoms with Crippen LogP contribution in [0.1, 0.15) is 53.4 Å². The number of hydrogen-bond donors (Lipinski definition) is 1. The van der Waals surface area contributed by atoms with Crippen LogP contribution in [0.2, 0.25) is 0 Å². The molecule has 0 aliphatic heterocycles. The van der Waals surface area contributed by atoms with Gasteiger partial charge in [-0.3, -0.25) is 0 Å². The normalized spacial score (nSPS) is 27.6. The van der Waals surface area contributed by atoms with Gasteiger partial charge in [0.15, 0.2) is 6.10 Å². The minimum absolute atomic E-state index is 0.0904. The Bertz CT molecular complexity index is 247. The van der Waals surface area contributed by atoms with Crippen LogP contribution >= 0.6 is 0 Å². The maximum Gasteiger partial charge on any atom is 0.335 e. The van der Waals surface area contributed by atoms with Gasteiger partial charge in [0.25, 0.3) is 0 Å². The molecule has 0 radical (unpaired) electrons. The van der Waals surface area contributed by atoms with E-state index in [1.54, 1.807) is 6.92 Å². The second kappa shape index (κ2) is 5.85. The number of carbonyl (C=O) groups is 1. The van der Waals surface area contributed by atoms with Crippen molar-refractivity contribution in [2.45, 2.75) is 59.5 Å². The average Bonchev–Trinajstić information content (AvgIpc) is 2.27. The molecule has 1 aliphatic rings. The van der Waals surface area contributed by atoms with Crippen molar-refractivity contribution in [2.75, 3.05) is 6.61 Å². The fourth-order valence-corrected chi connectivity index (χ4v) is 2.72. The molecule has 1 saturated carbocycles. The van der Waals surface area contributed by atoms with Gasteiger partial charge in [-0.1, -0.05) is 20.8 Å². The highest BCUT2D eigenvalue weighted by atomic mass is 16.5.